The van der Waals surface area contributed by atoms with Crippen molar-refractivity contribution in [2.45, 2.75) is 18.1 Å². The number of halogens is 2. The molecule has 2 N–H and O–H groups in total. The monoisotopic (exact) mass is 675 g/mol. The quantitative estimate of drug-likeness (QED) is 0.135. The molecule has 0 atom stereocenters. The molecule has 0 saturated carbocycles. The Morgan fingerprint density at radius 2 is 1.85 bits per heavy atom. The van der Waals surface area contributed by atoms with Gasteiger partial charge in [-0.05, 0) is 54.1 Å². The van der Waals surface area contributed by atoms with Gasteiger partial charge in [0.2, 0.25) is 0 Å². The Morgan fingerprint density at radius 3 is 2.67 bits per heavy atom. The highest BCUT2D eigenvalue weighted by atomic mass is 35.5. The first-order valence-corrected chi connectivity index (χ1v) is 17.1. The Labute approximate surface area is 273 Å². The molecule has 0 bridgehead atoms. The van der Waals surface area contributed by atoms with Crippen LogP contribution in [-0.2, 0) is 22.9 Å². The predicted octanol–water partition coefficient (Wildman–Crippen LogP) is 6.26. The maximum Gasteiger partial charge on any atom is 0.196 e. The van der Waals surface area contributed by atoms with Gasteiger partial charge in [-0.2, -0.15) is 0 Å². The molecule has 0 fully saturated rings. The summed E-state index contributed by atoms with van der Waals surface area (Å²) in [5.41, 5.74) is 3.43. The summed E-state index contributed by atoms with van der Waals surface area (Å²) in [4.78, 5) is 22.0. The van der Waals surface area contributed by atoms with Crippen LogP contribution in [0.3, 0.4) is 0 Å². The standard InChI is InChI=1S/C32H27ClFN7O3S2/c33-25-15-23(7-8-29(25)44-18-21-4-3-5-22(34)14-21)40-32-24-16-26(37-17-27(24)38-20-39-32)28-19-45-30(41-28)9-11-35-12-13-46(42,43)31-6-1-2-10-36-31/h1-8,10,14-17,19-20,35H,9,11-13,18H2,(H,38,39,40). The summed E-state index contributed by atoms with van der Waals surface area (Å²) in [5.74, 6) is 0.681. The minimum Gasteiger partial charge on any atom is -0.487 e. The van der Waals surface area contributed by atoms with E-state index in [1.165, 1.54) is 42.1 Å². The van der Waals surface area contributed by atoms with E-state index in [-0.39, 0.29) is 23.2 Å². The topological polar surface area (TPSA) is 132 Å². The molecule has 0 spiro atoms. The van der Waals surface area contributed by atoms with E-state index < -0.39 is 9.84 Å². The van der Waals surface area contributed by atoms with E-state index >= 15 is 0 Å². The molecule has 4 aromatic heterocycles. The molecule has 0 radical (unpaired) electrons. The Balaban J connectivity index is 1.08. The second-order valence-electron chi connectivity index (χ2n) is 10.1. The number of hydrogen-bond acceptors (Lipinski definition) is 11. The number of benzene rings is 2. The number of nitrogens with zero attached hydrogens (tertiary/aromatic N) is 5. The maximum absolute atomic E-state index is 13.5. The van der Waals surface area contributed by atoms with E-state index in [0.29, 0.717) is 58.6 Å². The van der Waals surface area contributed by atoms with Crippen LogP contribution >= 0.6 is 22.9 Å². The first kappa shape index (κ1) is 31.4. The third-order valence-electron chi connectivity index (χ3n) is 6.83. The Kier molecular flexibility index (Phi) is 9.73. The minimum atomic E-state index is -3.43. The van der Waals surface area contributed by atoms with Gasteiger partial charge >= 0.3 is 0 Å². The summed E-state index contributed by atoms with van der Waals surface area (Å²) in [6, 6.07) is 18.2. The summed E-state index contributed by atoms with van der Waals surface area (Å²) in [6.45, 7) is 1.08. The molecule has 0 amide bonds. The molecule has 4 heterocycles. The zero-order chi connectivity index (χ0) is 31.9. The summed E-state index contributed by atoms with van der Waals surface area (Å²) < 4.78 is 44.1. The minimum absolute atomic E-state index is 0.0344. The largest absolute Gasteiger partial charge is 0.487 e. The van der Waals surface area contributed by atoms with Gasteiger partial charge in [0.25, 0.3) is 0 Å². The number of ether oxygens (including phenoxy) is 1. The summed E-state index contributed by atoms with van der Waals surface area (Å²) in [6.07, 6.45) is 5.25. The molecule has 14 heteroatoms. The molecule has 0 unspecified atom stereocenters. The molecule has 10 nitrogen and oxygen atoms in total. The van der Waals surface area contributed by atoms with Crippen molar-refractivity contribution in [3.05, 3.63) is 112 Å². The van der Waals surface area contributed by atoms with Gasteiger partial charge in [0.1, 0.15) is 30.3 Å². The number of hydrogen-bond donors (Lipinski definition) is 2. The van der Waals surface area contributed by atoms with E-state index in [2.05, 4.69) is 30.6 Å². The lowest BCUT2D eigenvalue weighted by Crippen LogP contribution is -2.25. The number of thiazole rings is 1. The van der Waals surface area contributed by atoms with E-state index in [9.17, 15) is 12.8 Å². The second-order valence-corrected chi connectivity index (χ2v) is 13.5. The smallest absolute Gasteiger partial charge is 0.196 e. The van der Waals surface area contributed by atoms with Gasteiger partial charge in [0, 0.05) is 42.2 Å². The van der Waals surface area contributed by atoms with Gasteiger partial charge in [0.15, 0.2) is 14.9 Å². The summed E-state index contributed by atoms with van der Waals surface area (Å²) in [7, 11) is -3.43. The van der Waals surface area contributed by atoms with Crippen molar-refractivity contribution in [3.63, 3.8) is 0 Å². The van der Waals surface area contributed by atoms with Crippen LogP contribution < -0.4 is 15.4 Å². The van der Waals surface area contributed by atoms with Gasteiger partial charge in [-0.3, -0.25) is 4.98 Å². The number of fused-ring (bicyclic) bond motifs is 1. The van der Waals surface area contributed by atoms with E-state index in [4.69, 9.17) is 21.3 Å². The van der Waals surface area contributed by atoms with Crippen LogP contribution in [0.15, 0.2) is 95.9 Å². The van der Waals surface area contributed by atoms with Crippen molar-refractivity contribution < 1.29 is 17.5 Å². The van der Waals surface area contributed by atoms with Crippen molar-refractivity contribution >= 4 is 55.2 Å². The normalized spacial score (nSPS) is 11.5. The van der Waals surface area contributed by atoms with E-state index in [1.807, 2.05) is 17.5 Å². The van der Waals surface area contributed by atoms with Gasteiger partial charge < -0.3 is 15.4 Å². The zero-order valence-electron chi connectivity index (χ0n) is 24.2. The Bertz CT molecular complexity index is 2080. The highest BCUT2D eigenvalue weighted by molar-refractivity contribution is 7.91. The molecule has 6 rings (SSSR count). The first-order valence-electron chi connectivity index (χ1n) is 14.2. The lowest BCUT2D eigenvalue weighted by Gasteiger charge is -2.12. The predicted molar refractivity (Wildman–Crippen MR) is 177 cm³/mol. The summed E-state index contributed by atoms with van der Waals surface area (Å²) >= 11 is 8.01. The van der Waals surface area contributed by atoms with Crippen LogP contribution in [0.5, 0.6) is 5.75 Å². The Hall–Kier alpha value is -4.56. The van der Waals surface area contributed by atoms with Crippen molar-refractivity contribution in [1.29, 1.82) is 0 Å². The van der Waals surface area contributed by atoms with Gasteiger partial charge in [-0.25, -0.2) is 32.7 Å². The number of rotatable bonds is 13. The first-order chi connectivity index (χ1) is 22.3. The number of nitrogens with one attached hydrogen (secondary N) is 2. The highest BCUT2D eigenvalue weighted by Gasteiger charge is 2.15. The molecule has 6 aromatic rings. The SMILES string of the molecule is O=S(=O)(CCNCCc1nc(-c2cc3c(Nc4ccc(OCc5cccc(F)c5)c(Cl)c4)ncnc3cn2)cs1)c1ccccn1. The van der Waals surface area contributed by atoms with Gasteiger partial charge in [-0.1, -0.05) is 29.8 Å². The van der Waals surface area contributed by atoms with Crippen molar-refractivity contribution in [2.75, 3.05) is 24.2 Å². The van der Waals surface area contributed by atoms with Crippen molar-refractivity contribution in [1.82, 2.24) is 30.2 Å². The van der Waals surface area contributed by atoms with Crippen LogP contribution in [-0.4, -0.2) is 52.2 Å². The molecule has 0 aliphatic rings. The van der Waals surface area contributed by atoms with Crippen LogP contribution in [0.25, 0.3) is 22.3 Å². The van der Waals surface area contributed by atoms with E-state index in [0.717, 1.165) is 16.1 Å². The fourth-order valence-corrected chi connectivity index (χ4v) is 6.68. The van der Waals surface area contributed by atoms with Crippen LogP contribution in [0.4, 0.5) is 15.9 Å². The fourth-order valence-electron chi connectivity index (χ4n) is 4.52. The molecular formula is C32H27ClFN7O3S2. The molecule has 0 saturated heterocycles. The number of pyridine rings is 2. The molecule has 234 valence electrons. The second kappa shape index (κ2) is 14.3. The zero-order valence-corrected chi connectivity index (χ0v) is 26.6. The fraction of sp³-hybridized carbons (Fsp3) is 0.156. The molecule has 2 aromatic carbocycles. The third-order valence-corrected chi connectivity index (χ3v) is 9.66. The lowest BCUT2D eigenvalue weighted by atomic mass is 10.2. The van der Waals surface area contributed by atoms with Crippen LogP contribution in [0, 0.1) is 5.82 Å². The van der Waals surface area contributed by atoms with Gasteiger partial charge in [-0.15, -0.1) is 11.3 Å². The number of anilines is 2. The molecule has 46 heavy (non-hydrogen) atoms. The maximum atomic E-state index is 13.5. The van der Waals surface area contributed by atoms with Gasteiger partial charge in [0.05, 0.1) is 38.9 Å². The van der Waals surface area contributed by atoms with Crippen molar-refractivity contribution in [3.8, 4) is 17.1 Å². The van der Waals surface area contributed by atoms with Crippen molar-refractivity contribution in [2.24, 2.45) is 0 Å². The molecule has 0 aliphatic heterocycles. The average Bonchev–Trinajstić information content (AvgIpc) is 3.54. The van der Waals surface area contributed by atoms with E-state index in [1.54, 1.807) is 42.6 Å². The molecular weight excluding hydrogens is 649 g/mol. The Morgan fingerprint density at radius 1 is 0.935 bits per heavy atom. The molecule has 0 aliphatic carbocycles. The third kappa shape index (κ3) is 7.80. The van der Waals surface area contributed by atoms with Crippen LogP contribution in [0.1, 0.15) is 10.6 Å². The number of sulfone groups is 1. The number of aromatic nitrogens is 5. The average molecular weight is 676 g/mol. The highest BCUT2D eigenvalue weighted by Crippen LogP contribution is 2.32. The lowest BCUT2D eigenvalue weighted by molar-refractivity contribution is 0.306. The van der Waals surface area contributed by atoms with Crippen LogP contribution in [0.2, 0.25) is 5.02 Å². The summed E-state index contributed by atoms with van der Waals surface area (Å²) in [5, 5.41) is 10.5.